The molecule has 7 nitrogen and oxygen atoms in total. The largest absolute Gasteiger partial charge is 0.494 e. The molecule has 1 saturated heterocycles. The number of hydrogen-bond acceptors (Lipinski definition) is 4. The van der Waals surface area contributed by atoms with Crippen LogP contribution in [0.15, 0.2) is 29.3 Å². The maximum atomic E-state index is 10.8. The fourth-order valence-corrected chi connectivity index (χ4v) is 2.87. The van der Waals surface area contributed by atoms with Gasteiger partial charge in [0.1, 0.15) is 5.75 Å². The van der Waals surface area contributed by atoms with Gasteiger partial charge in [-0.3, -0.25) is 15.2 Å². The second-order valence-corrected chi connectivity index (χ2v) is 6.17. The summed E-state index contributed by atoms with van der Waals surface area (Å²) in [4.78, 5) is 17.2. The minimum atomic E-state index is -0.630. The molecule has 25 heavy (non-hydrogen) atoms. The first-order valence-corrected chi connectivity index (χ1v) is 8.88. The molecule has 1 aliphatic rings. The quantitative estimate of drug-likeness (QED) is 0.398. The highest BCUT2D eigenvalue weighted by Crippen LogP contribution is 2.17. The molecular formula is C18H29N5O2. The zero-order valence-corrected chi connectivity index (χ0v) is 15.0. The Bertz CT molecular complexity index is 570. The van der Waals surface area contributed by atoms with Crippen molar-refractivity contribution in [2.45, 2.75) is 32.2 Å². The first-order chi connectivity index (χ1) is 12.2. The van der Waals surface area contributed by atoms with Crippen molar-refractivity contribution in [3.8, 4) is 5.75 Å². The van der Waals surface area contributed by atoms with E-state index in [2.05, 4.69) is 32.7 Å². The smallest absolute Gasteiger partial charge is 0.318 e. The van der Waals surface area contributed by atoms with Crippen LogP contribution in [0.25, 0.3) is 0 Å². The maximum absolute atomic E-state index is 10.8. The third-order valence-corrected chi connectivity index (χ3v) is 4.10. The number of guanidine groups is 1. The lowest BCUT2D eigenvalue weighted by atomic mass is 10.1. The van der Waals surface area contributed by atoms with Crippen LogP contribution in [0, 0.1) is 0 Å². The number of likely N-dealkylation sites (tertiary alicyclic amines) is 1. The molecule has 0 saturated carbocycles. The lowest BCUT2D eigenvalue weighted by molar-refractivity contribution is 0.220. The highest BCUT2D eigenvalue weighted by molar-refractivity contribution is 5.95. The Morgan fingerprint density at radius 1 is 1.32 bits per heavy atom. The summed E-state index contributed by atoms with van der Waals surface area (Å²) in [6.45, 7) is 4.61. The van der Waals surface area contributed by atoms with E-state index in [-0.39, 0.29) is 0 Å². The third kappa shape index (κ3) is 7.43. The molecule has 0 atom stereocenters. The van der Waals surface area contributed by atoms with E-state index in [4.69, 9.17) is 10.5 Å². The van der Waals surface area contributed by atoms with Gasteiger partial charge in [0.05, 0.1) is 6.61 Å². The van der Waals surface area contributed by atoms with E-state index in [1.807, 2.05) is 12.1 Å². The number of piperidine rings is 1. The molecule has 0 bridgehead atoms. The lowest BCUT2D eigenvalue weighted by Crippen LogP contribution is -2.44. The standard InChI is InChI=1S/C18H29N5O2/c1-20-18(22-17(19)24)21-9-6-12-25-16-8-5-7-15(13-16)14-23-10-3-2-4-11-23/h5,7-8,13H,2-4,6,9-12,14H2,1H3,(H4,19,20,21,22,24). The van der Waals surface area contributed by atoms with Gasteiger partial charge in [-0.05, 0) is 50.0 Å². The van der Waals surface area contributed by atoms with E-state index >= 15 is 0 Å². The zero-order valence-electron chi connectivity index (χ0n) is 15.0. The van der Waals surface area contributed by atoms with Crippen molar-refractivity contribution >= 4 is 12.0 Å². The van der Waals surface area contributed by atoms with Gasteiger partial charge in [-0.1, -0.05) is 18.6 Å². The zero-order chi connectivity index (χ0) is 17.9. The van der Waals surface area contributed by atoms with E-state index in [0.717, 1.165) is 18.7 Å². The van der Waals surface area contributed by atoms with Gasteiger partial charge in [-0.2, -0.15) is 0 Å². The van der Waals surface area contributed by atoms with Crippen molar-refractivity contribution in [2.75, 3.05) is 33.3 Å². The molecule has 1 fully saturated rings. The number of aliphatic imine (C=N–C) groups is 1. The highest BCUT2D eigenvalue weighted by Gasteiger charge is 2.10. The van der Waals surface area contributed by atoms with Crippen LogP contribution in [0.4, 0.5) is 4.79 Å². The number of carbonyl (C=O) groups excluding carboxylic acids is 1. The SMILES string of the molecule is CN=C(NCCCOc1cccc(CN2CCCCC2)c1)NC(N)=O. The Balaban J connectivity index is 1.68. The number of ether oxygens (including phenoxy) is 1. The Kier molecular flexibility index (Phi) is 8.04. The number of nitrogens with one attached hydrogen (secondary N) is 2. The average Bonchev–Trinajstić information content (AvgIpc) is 2.61. The lowest BCUT2D eigenvalue weighted by Gasteiger charge is -2.26. The summed E-state index contributed by atoms with van der Waals surface area (Å²) in [6.07, 6.45) is 4.75. The average molecular weight is 347 g/mol. The molecular weight excluding hydrogens is 318 g/mol. The minimum absolute atomic E-state index is 0.371. The number of urea groups is 1. The van der Waals surface area contributed by atoms with Crippen molar-refractivity contribution in [1.29, 1.82) is 0 Å². The van der Waals surface area contributed by atoms with Crippen LogP contribution in [-0.2, 0) is 6.54 Å². The van der Waals surface area contributed by atoms with Crippen molar-refractivity contribution in [2.24, 2.45) is 10.7 Å². The summed E-state index contributed by atoms with van der Waals surface area (Å²) >= 11 is 0. The molecule has 0 unspecified atom stereocenters. The number of nitrogens with two attached hydrogens (primary N) is 1. The van der Waals surface area contributed by atoms with Gasteiger partial charge in [0.15, 0.2) is 5.96 Å². The molecule has 138 valence electrons. The normalized spacial score (nSPS) is 15.6. The number of hydrogen-bond donors (Lipinski definition) is 3. The number of rotatable bonds is 7. The monoisotopic (exact) mass is 347 g/mol. The van der Waals surface area contributed by atoms with Crippen molar-refractivity contribution in [1.82, 2.24) is 15.5 Å². The van der Waals surface area contributed by atoms with Gasteiger partial charge in [-0.25, -0.2) is 4.79 Å². The summed E-state index contributed by atoms with van der Waals surface area (Å²) in [7, 11) is 1.59. The molecule has 1 aromatic carbocycles. The second-order valence-electron chi connectivity index (χ2n) is 6.17. The van der Waals surface area contributed by atoms with Gasteiger partial charge in [0, 0.05) is 20.1 Å². The topological polar surface area (TPSA) is 92.0 Å². The Morgan fingerprint density at radius 3 is 2.84 bits per heavy atom. The van der Waals surface area contributed by atoms with Crippen LogP contribution in [0.1, 0.15) is 31.2 Å². The van der Waals surface area contributed by atoms with Crippen LogP contribution < -0.4 is 21.1 Å². The Hall–Kier alpha value is -2.28. The fraction of sp³-hybridized carbons (Fsp3) is 0.556. The molecule has 0 aromatic heterocycles. The number of benzene rings is 1. The first kappa shape index (κ1) is 19.1. The summed E-state index contributed by atoms with van der Waals surface area (Å²) in [5.74, 6) is 1.27. The molecule has 2 rings (SSSR count). The molecule has 1 aliphatic heterocycles. The summed E-state index contributed by atoms with van der Waals surface area (Å²) in [6, 6.07) is 7.68. The number of nitrogens with zero attached hydrogens (tertiary/aromatic N) is 2. The van der Waals surface area contributed by atoms with Crippen LogP contribution >= 0.6 is 0 Å². The molecule has 0 radical (unpaired) electrons. The molecule has 2 amide bonds. The molecule has 1 aromatic rings. The minimum Gasteiger partial charge on any atom is -0.494 e. The van der Waals surface area contributed by atoms with Crippen LogP contribution in [0.5, 0.6) is 5.75 Å². The second kappa shape index (κ2) is 10.6. The maximum Gasteiger partial charge on any atom is 0.318 e. The fourth-order valence-electron chi connectivity index (χ4n) is 2.87. The van der Waals surface area contributed by atoms with Gasteiger partial charge in [0.2, 0.25) is 0 Å². The predicted molar refractivity (Wildman–Crippen MR) is 99.8 cm³/mol. The van der Waals surface area contributed by atoms with Crippen LogP contribution in [0.3, 0.4) is 0 Å². The number of primary amides is 1. The Labute approximate surface area is 149 Å². The van der Waals surface area contributed by atoms with Gasteiger partial charge < -0.3 is 15.8 Å². The molecule has 0 aliphatic carbocycles. The van der Waals surface area contributed by atoms with Crippen molar-refractivity contribution < 1.29 is 9.53 Å². The predicted octanol–water partition coefficient (Wildman–Crippen LogP) is 1.69. The van der Waals surface area contributed by atoms with Gasteiger partial charge in [-0.15, -0.1) is 0 Å². The first-order valence-electron chi connectivity index (χ1n) is 8.88. The van der Waals surface area contributed by atoms with E-state index in [1.54, 1.807) is 7.05 Å². The number of amides is 2. The van der Waals surface area contributed by atoms with Gasteiger partial charge in [0.25, 0.3) is 0 Å². The van der Waals surface area contributed by atoms with Crippen molar-refractivity contribution in [3.63, 3.8) is 0 Å². The van der Waals surface area contributed by atoms with E-state index < -0.39 is 6.03 Å². The Morgan fingerprint density at radius 2 is 2.12 bits per heavy atom. The van der Waals surface area contributed by atoms with E-state index in [0.29, 0.717) is 19.1 Å². The molecule has 7 heteroatoms. The summed E-state index contributed by atoms with van der Waals surface area (Å²) < 4.78 is 5.82. The molecule has 0 spiro atoms. The van der Waals surface area contributed by atoms with E-state index in [1.165, 1.54) is 37.9 Å². The van der Waals surface area contributed by atoms with Crippen molar-refractivity contribution in [3.05, 3.63) is 29.8 Å². The summed E-state index contributed by atoms with van der Waals surface area (Å²) in [5.41, 5.74) is 6.35. The summed E-state index contributed by atoms with van der Waals surface area (Å²) in [5, 5.41) is 5.42. The van der Waals surface area contributed by atoms with Crippen LogP contribution in [-0.4, -0.2) is 50.2 Å². The number of carbonyl (C=O) groups is 1. The highest BCUT2D eigenvalue weighted by atomic mass is 16.5. The van der Waals surface area contributed by atoms with Crippen LogP contribution in [0.2, 0.25) is 0 Å². The molecule has 4 N–H and O–H groups in total. The molecule has 1 heterocycles. The van der Waals surface area contributed by atoms with E-state index in [9.17, 15) is 4.79 Å². The third-order valence-electron chi connectivity index (χ3n) is 4.10. The van der Waals surface area contributed by atoms with Gasteiger partial charge >= 0.3 is 6.03 Å².